The molecular weight excluding hydrogens is 252 g/mol. The van der Waals surface area contributed by atoms with Crippen LogP contribution in [0.4, 0.5) is 0 Å². The Labute approximate surface area is 109 Å². The van der Waals surface area contributed by atoms with Gasteiger partial charge < -0.3 is 5.11 Å². The maximum absolute atomic E-state index is 11.7. The summed E-state index contributed by atoms with van der Waals surface area (Å²) in [4.78, 5) is 11.7. The summed E-state index contributed by atoms with van der Waals surface area (Å²) in [7, 11) is -3.00. The fourth-order valence-electron chi connectivity index (χ4n) is 3.74. The Balaban J connectivity index is 2.25. The Kier molecular flexibility index (Phi) is 3.72. The average molecular weight is 274 g/mol. The maximum Gasteiger partial charge on any atom is 0.309 e. The maximum atomic E-state index is 11.7. The average Bonchev–Trinajstić information content (AvgIpc) is 2.70. The molecule has 0 aromatic rings. The van der Waals surface area contributed by atoms with Gasteiger partial charge in [0.25, 0.3) is 0 Å². The lowest BCUT2D eigenvalue weighted by atomic mass is 9.62. The van der Waals surface area contributed by atoms with E-state index in [1.165, 1.54) is 0 Å². The van der Waals surface area contributed by atoms with Gasteiger partial charge in [0, 0.05) is 0 Å². The van der Waals surface area contributed by atoms with E-state index in [1.54, 1.807) is 0 Å². The summed E-state index contributed by atoms with van der Waals surface area (Å²) in [6.45, 7) is 2.09. The van der Waals surface area contributed by atoms with Crippen molar-refractivity contribution in [3.05, 3.63) is 0 Å². The smallest absolute Gasteiger partial charge is 0.309 e. The third-order valence-corrected chi connectivity index (χ3v) is 6.67. The van der Waals surface area contributed by atoms with E-state index in [4.69, 9.17) is 0 Å². The van der Waals surface area contributed by atoms with Crippen LogP contribution in [0.2, 0.25) is 0 Å². The molecule has 18 heavy (non-hydrogen) atoms. The van der Waals surface area contributed by atoms with Crippen molar-refractivity contribution >= 4 is 15.8 Å². The Hall–Kier alpha value is -0.580. The number of hydrogen-bond acceptors (Lipinski definition) is 3. The van der Waals surface area contributed by atoms with E-state index in [1.807, 2.05) is 0 Å². The van der Waals surface area contributed by atoms with Crippen LogP contribution in [0.5, 0.6) is 0 Å². The van der Waals surface area contributed by atoms with Gasteiger partial charge in [0.1, 0.15) is 0 Å². The largest absolute Gasteiger partial charge is 0.481 e. The molecule has 2 aliphatic rings. The lowest BCUT2D eigenvalue weighted by molar-refractivity contribution is -0.156. The zero-order valence-electron chi connectivity index (χ0n) is 10.9. The molecule has 0 aromatic carbocycles. The highest BCUT2D eigenvalue weighted by Gasteiger charge is 2.51. The van der Waals surface area contributed by atoms with Crippen molar-refractivity contribution in [2.24, 2.45) is 17.3 Å². The highest BCUT2D eigenvalue weighted by atomic mass is 32.2. The van der Waals surface area contributed by atoms with Gasteiger partial charge in [-0.25, -0.2) is 8.42 Å². The number of rotatable bonds is 3. The molecule has 3 unspecified atom stereocenters. The van der Waals surface area contributed by atoms with Crippen LogP contribution in [-0.4, -0.2) is 31.0 Å². The van der Waals surface area contributed by atoms with Crippen molar-refractivity contribution in [3.8, 4) is 0 Å². The minimum atomic E-state index is -3.00. The first-order chi connectivity index (χ1) is 8.39. The third kappa shape index (κ3) is 2.42. The normalized spacial score (nSPS) is 39.6. The molecule has 0 bridgehead atoms. The van der Waals surface area contributed by atoms with E-state index in [9.17, 15) is 18.3 Å². The van der Waals surface area contributed by atoms with Gasteiger partial charge in [0.05, 0.1) is 16.9 Å². The highest BCUT2D eigenvalue weighted by molar-refractivity contribution is 7.91. The summed E-state index contributed by atoms with van der Waals surface area (Å²) in [6.07, 6.45) is 4.85. The molecule has 0 amide bonds. The molecule has 0 aromatic heterocycles. The van der Waals surface area contributed by atoms with Crippen LogP contribution < -0.4 is 0 Å². The SMILES string of the molecule is CCC1CCCC(C(=O)O)(C2CCS(=O)(=O)C2)C1. The van der Waals surface area contributed by atoms with Gasteiger partial charge in [-0.2, -0.15) is 0 Å². The fraction of sp³-hybridized carbons (Fsp3) is 0.923. The van der Waals surface area contributed by atoms with Gasteiger partial charge in [0.15, 0.2) is 9.84 Å². The summed E-state index contributed by atoms with van der Waals surface area (Å²) in [5.74, 6) is -0.255. The molecule has 4 nitrogen and oxygen atoms in total. The number of carbonyl (C=O) groups is 1. The van der Waals surface area contributed by atoms with Gasteiger partial charge in [-0.05, 0) is 31.1 Å². The Morgan fingerprint density at radius 2 is 2.11 bits per heavy atom. The molecule has 5 heteroatoms. The lowest BCUT2D eigenvalue weighted by Gasteiger charge is -2.41. The number of aliphatic carboxylic acids is 1. The van der Waals surface area contributed by atoms with Crippen LogP contribution in [0.15, 0.2) is 0 Å². The summed E-state index contributed by atoms with van der Waals surface area (Å²) in [5.41, 5.74) is -0.775. The zero-order valence-corrected chi connectivity index (χ0v) is 11.7. The van der Waals surface area contributed by atoms with Crippen molar-refractivity contribution < 1.29 is 18.3 Å². The molecular formula is C13H22O4S. The highest BCUT2D eigenvalue weighted by Crippen LogP contribution is 2.49. The second-order valence-electron chi connectivity index (χ2n) is 5.93. The van der Waals surface area contributed by atoms with E-state index >= 15 is 0 Å². The minimum absolute atomic E-state index is 0.0791. The fourth-order valence-corrected chi connectivity index (χ4v) is 5.65. The minimum Gasteiger partial charge on any atom is -0.481 e. The van der Waals surface area contributed by atoms with Crippen LogP contribution in [0.3, 0.4) is 0 Å². The molecule has 0 radical (unpaired) electrons. The zero-order chi connectivity index (χ0) is 13.4. The van der Waals surface area contributed by atoms with Gasteiger partial charge in [-0.3, -0.25) is 4.79 Å². The Bertz CT molecular complexity index is 428. The Morgan fingerprint density at radius 3 is 2.61 bits per heavy atom. The molecule has 1 aliphatic carbocycles. The number of carboxylic acid groups (broad SMARTS) is 1. The quantitative estimate of drug-likeness (QED) is 0.855. The van der Waals surface area contributed by atoms with Crippen LogP contribution in [0, 0.1) is 17.3 Å². The third-order valence-electron chi connectivity index (χ3n) is 4.91. The van der Waals surface area contributed by atoms with Crippen LogP contribution in [0.25, 0.3) is 0 Å². The molecule has 1 saturated heterocycles. The predicted molar refractivity (Wildman–Crippen MR) is 69.1 cm³/mol. The van der Waals surface area contributed by atoms with Crippen molar-refractivity contribution in [2.75, 3.05) is 11.5 Å². The predicted octanol–water partition coefficient (Wildman–Crippen LogP) is 2.09. The first-order valence-corrected chi connectivity index (χ1v) is 8.65. The topological polar surface area (TPSA) is 71.4 Å². The van der Waals surface area contributed by atoms with Gasteiger partial charge in [-0.1, -0.05) is 26.2 Å². The van der Waals surface area contributed by atoms with Crippen molar-refractivity contribution in [3.63, 3.8) is 0 Å². The summed E-state index contributed by atoms with van der Waals surface area (Å²) in [6, 6.07) is 0. The molecule has 1 saturated carbocycles. The summed E-state index contributed by atoms with van der Waals surface area (Å²) < 4.78 is 23.2. The molecule has 0 spiro atoms. The Morgan fingerprint density at radius 1 is 1.39 bits per heavy atom. The van der Waals surface area contributed by atoms with E-state index in [2.05, 4.69) is 6.92 Å². The van der Waals surface area contributed by atoms with Gasteiger partial charge in [-0.15, -0.1) is 0 Å². The second-order valence-corrected chi connectivity index (χ2v) is 8.16. The summed E-state index contributed by atoms with van der Waals surface area (Å²) in [5, 5.41) is 9.64. The van der Waals surface area contributed by atoms with E-state index in [0.717, 1.165) is 19.3 Å². The van der Waals surface area contributed by atoms with Gasteiger partial charge in [0.2, 0.25) is 0 Å². The number of hydrogen-bond donors (Lipinski definition) is 1. The number of carboxylic acids is 1. The van der Waals surface area contributed by atoms with Crippen LogP contribution in [0.1, 0.15) is 45.4 Å². The van der Waals surface area contributed by atoms with Crippen LogP contribution in [-0.2, 0) is 14.6 Å². The van der Waals surface area contributed by atoms with Crippen LogP contribution >= 0.6 is 0 Å². The molecule has 2 rings (SSSR count). The standard InChI is InChI=1S/C13H22O4S/c1-2-10-4-3-6-13(8-10,12(14)15)11-5-7-18(16,17)9-11/h10-11H,2-9H2,1H3,(H,14,15). The first kappa shape index (κ1) is 13.8. The van der Waals surface area contributed by atoms with Crippen molar-refractivity contribution in [1.29, 1.82) is 0 Å². The second kappa shape index (κ2) is 4.83. The molecule has 1 heterocycles. The molecule has 1 aliphatic heterocycles. The van der Waals surface area contributed by atoms with Crippen molar-refractivity contribution in [1.82, 2.24) is 0 Å². The van der Waals surface area contributed by atoms with Crippen molar-refractivity contribution in [2.45, 2.75) is 45.4 Å². The van der Waals surface area contributed by atoms with E-state index in [0.29, 0.717) is 25.2 Å². The van der Waals surface area contributed by atoms with E-state index in [-0.39, 0.29) is 17.4 Å². The molecule has 2 fully saturated rings. The lowest BCUT2D eigenvalue weighted by Crippen LogP contribution is -2.43. The molecule has 3 atom stereocenters. The summed E-state index contributed by atoms with van der Waals surface area (Å²) >= 11 is 0. The monoisotopic (exact) mass is 274 g/mol. The van der Waals surface area contributed by atoms with E-state index < -0.39 is 21.2 Å². The molecule has 104 valence electrons. The van der Waals surface area contributed by atoms with Gasteiger partial charge >= 0.3 is 5.97 Å². The number of sulfone groups is 1. The first-order valence-electron chi connectivity index (χ1n) is 6.83. The molecule has 1 N–H and O–H groups in total.